The van der Waals surface area contributed by atoms with Gasteiger partial charge in [-0.2, -0.15) is 5.10 Å². The maximum Gasteiger partial charge on any atom is 0.168 e. The third kappa shape index (κ3) is 2.31. The van der Waals surface area contributed by atoms with Gasteiger partial charge in [0.1, 0.15) is 5.82 Å². The van der Waals surface area contributed by atoms with Crippen molar-refractivity contribution in [3.05, 3.63) is 23.9 Å². The number of aromatic nitrogens is 2. The number of nitrogens with two attached hydrogens (primary N) is 1. The Labute approximate surface area is 119 Å². The molecule has 108 valence electrons. The summed E-state index contributed by atoms with van der Waals surface area (Å²) < 4.78 is 6.91. The number of phenolic OH excluding ortho intramolecular Hbond substituents is 1. The highest BCUT2D eigenvalue weighted by Gasteiger charge is 2.22. The third-order valence-electron chi connectivity index (χ3n) is 3.41. The Bertz CT molecular complexity index is 639. The molecule has 0 aliphatic rings. The van der Waals surface area contributed by atoms with E-state index in [2.05, 4.69) is 25.9 Å². The van der Waals surface area contributed by atoms with E-state index in [0.29, 0.717) is 11.6 Å². The zero-order valence-corrected chi connectivity index (χ0v) is 12.6. The number of aromatic hydroxyl groups is 1. The Balaban J connectivity index is 2.73. The molecule has 5 heteroatoms. The molecule has 0 atom stereocenters. The van der Waals surface area contributed by atoms with Gasteiger partial charge in [-0.05, 0) is 23.1 Å². The van der Waals surface area contributed by atoms with Gasteiger partial charge in [-0.3, -0.25) is 4.68 Å². The highest BCUT2D eigenvalue weighted by molar-refractivity contribution is 5.81. The van der Waals surface area contributed by atoms with Crippen molar-refractivity contribution in [3.63, 3.8) is 0 Å². The molecule has 2 aromatic rings. The molecule has 0 fully saturated rings. The lowest BCUT2D eigenvalue weighted by atomic mass is 9.85. The fourth-order valence-electron chi connectivity index (χ4n) is 2.12. The van der Waals surface area contributed by atoms with Gasteiger partial charge in [0.25, 0.3) is 0 Å². The van der Waals surface area contributed by atoms with E-state index in [-0.39, 0.29) is 11.2 Å². The number of anilines is 1. The maximum absolute atomic E-state index is 10.2. The maximum atomic E-state index is 10.2. The van der Waals surface area contributed by atoms with Crippen molar-refractivity contribution in [2.45, 2.75) is 26.2 Å². The first-order valence-corrected chi connectivity index (χ1v) is 6.45. The summed E-state index contributed by atoms with van der Waals surface area (Å²) in [6, 6.07) is 3.72. The smallest absolute Gasteiger partial charge is 0.168 e. The number of methoxy groups -OCH3 is 1. The van der Waals surface area contributed by atoms with Gasteiger partial charge in [-0.15, -0.1) is 0 Å². The van der Waals surface area contributed by atoms with Crippen LogP contribution in [0.3, 0.4) is 0 Å². The second kappa shape index (κ2) is 4.74. The number of nitrogen functional groups attached to an aromatic ring is 1. The topological polar surface area (TPSA) is 73.3 Å². The Morgan fingerprint density at radius 3 is 2.35 bits per heavy atom. The molecule has 1 heterocycles. The molecule has 3 N–H and O–H groups in total. The predicted molar refractivity (Wildman–Crippen MR) is 80.0 cm³/mol. The number of hydrogen-bond acceptors (Lipinski definition) is 4. The molecule has 1 aromatic heterocycles. The lowest BCUT2D eigenvalue weighted by molar-refractivity contribution is 0.373. The van der Waals surface area contributed by atoms with Crippen molar-refractivity contribution in [2.75, 3.05) is 12.8 Å². The molecule has 2 rings (SSSR count). The molecule has 0 saturated heterocycles. The van der Waals surface area contributed by atoms with Crippen LogP contribution in [0.4, 0.5) is 5.82 Å². The van der Waals surface area contributed by atoms with E-state index in [4.69, 9.17) is 10.5 Å². The Morgan fingerprint density at radius 2 is 1.90 bits per heavy atom. The third-order valence-corrected chi connectivity index (χ3v) is 3.41. The van der Waals surface area contributed by atoms with E-state index in [1.54, 1.807) is 24.0 Å². The second-order valence-corrected chi connectivity index (χ2v) is 5.89. The van der Waals surface area contributed by atoms with Crippen LogP contribution in [0.1, 0.15) is 26.3 Å². The fraction of sp³-hybridized carbons (Fsp3) is 0.400. The fourth-order valence-corrected chi connectivity index (χ4v) is 2.12. The van der Waals surface area contributed by atoms with Gasteiger partial charge in [0.15, 0.2) is 11.5 Å². The quantitative estimate of drug-likeness (QED) is 0.883. The van der Waals surface area contributed by atoms with Crippen LogP contribution in [0.2, 0.25) is 0 Å². The molecule has 0 aliphatic heterocycles. The lowest BCUT2D eigenvalue weighted by Gasteiger charge is -2.22. The molecule has 20 heavy (non-hydrogen) atoms. The van der Waals surface area contributed by atoms with Crippen molar-refractivity contribution in [1.29, 1.82) is 0 Å². The monoisotopic (exact) mass is 275 g/mol. The van der Waals surface area contributed by atoms with Crippen LogP contribution in [-0.4, -0.2) is 22.0 Å². The first-order valence-electron chi connectivity index (χ1n) is 6.45. The molecule has 0 radical (unpaired) electrons. The Hall–Kier alpha value is -2.17. The predicted octanol–water partition coefficient (Wildman–Crippen LogP) is 2.68. The van der Waals surface area contributed by atoms with Gasteiger partial charge in [-0.25, -0.2) is 0 Å². The van der Waals surface area contributed by atoms with Crippen LogP contribution in [0, 0.1) is 0 Å². The number of benzene rings is 1. The first-order chi connectivity index (χ1) is 9.25. The van der Waals surface area contributed by atoms with Crippen molar-refractivity contribution in [1.82, 2.24) is 9.78 Å². The summed E-state index contributed by atoms with van der Waals surface area (Å²) in [4.78, 5) is 0. The molecule has 0 spiro atoms. The molecule has 0 aliphatic carbocycles. The zero-order valence-electron chi connectivity index (χ0n) is 12.6. The van der Waals surface area contributed by atoms with E-state index in [1.165, 1.54) is 7.11 Å². The van der Waals surface area contributed by atoms with Crippen molar-refractivity contribution in [3.8, 4) is 22.6 Å². The normalized spacial score (nSPS) is 11.7. The minimum atomic E-state index is -0.0878. The molecule has 0 saturated carbocycles. The molecule has 0 unspecified atom stereocenters. The number of nitrogens with zero attached hydrogens (tertiary/aromatic N) is 2. The summed E-state index contributed by atoms with van der Waals surface area (Å²) in [6.07, 6.45) is 1.68. The highest BCUT2D eigenvalue weighted by Crippen LogP contribution is 2.42. The van der Waals surface area contributed by atoms with E-state index in [9.17, 15) is 5.11 Å². The number of aryl methyl sites for hydroxylation is 1. The molecule has 1 aromatic carbocycles. The standard InChI is InChI=1S/C15H21N3O2/c1-15(2,3)9-6-10(13(20-5)12(19)7-9)11-8-17-18(4)14(11)16/h6-8,19H,16H2,1-5H3. The van der Waals surface area contributed by atoms with Crippen LogP contribution in [0.5, 0.6) is 11.5 Å². The average molecular weight is 275 g/mol. The number of phenols is 1. The SMILES string of the molecule is COc1c(O)cc(C(C)(C)C)cc1-c1cnn(C)c1N. The lowest BCUT2D eigenvalue weighted by Crippen LogP contribution is -2.11. The van der Waals surface area contributed by atoms with Crippen LogP contribution in [0.15, 0.2) is 18.3 Å². The number of hydrogen-bond donors (Lipinski definition) is 2. The van der Waals surface area contributed by atoms with E-state index < -0.39 is 0 Å². The van der Waals surface area contributed by atoms with Gasteiger partial charge in [0.05, 0.1) is 13.3 Å². The molecule has 5 nitrogen and oxygen atoms in total. The Morgan fingerprint density at radius 1 is 1.25 bits per heavy atom. The zero-order chi connectivity index (χ0) is 15.1. The molecular formula is C15H21N3O2. The number of rotatable bonds is 2. The minimum Gasteiger partial charge on any atom is -0.504 e. The summed E-state index contributed by atoms with van der Waals surface area (Å²) in [7, 11) is 3.31. The van der Waals surface area contributed by atoms with Crippen molar-refractivity contribution < 1.29 is 9.84 Å². The van der Waals surface area contributed by atoms with Crippen molar-refractivity contribution in [2.24, 2.45) is 7.05 Å². The van der Waals surface area contributed by atoms with Gasteiger partial charge in [-0.1, -0.05) is 20.8 Å². The van der Waals surface area contributed by atoms with Crippen molar-refractivity contribution >= 4 is 5.82 Å². The van der Waals surface area contributed by atoms with E-state index in [0.717, 1.165) is 16.7 Å². The first kappa shape index (κ1) is 14.2. The van der Waals surface area contributed by atoms with Crippen LogP contribution in [0.25, 0.3) is 11.1 Å². The largest absolute Gasteiger partial charge is 0.504 e. The van der Waals surface area contributed by atoms with Gasteiger partial charge in [0, 0.05) is 18.2 Å². The molecule has 0 amide bonds. The highest BCUT2D eigenvalue weighted by atomic mass is 16.5. The molecule has 0 bridgehead atoms. The van der Waals surface area contributed by atoms with Gasteiger partial charge in [0.2, 0.25) is 0 Å². The van der Waals surface area contributed by atoms with E-state index in [1.807, 2.05) is 6.07 Å². The summed E-state index contributed by atoms with van der Waals surface area (Å²) >= 11 is 0. The summed E-state index contributed by atoms with van der Waals surface area (Å²) in [5.74, 6) is 1.06. The number of ether oxygens (including phenoxy) is 1. The van der Waals surface area contributed by atoms with Crippen LogP contribution >= 0.6 is 0 Å². The van der Waals surface area contributed by atoms with Gasteiger partial charge < -0.3 is 15.6 Å². The van der Waals surface area contributed by atoms with E-state index >= 15 is 0 Å². The Kier molecular flexibility index (Phi) is 3.38. The van der Waals surface area contributed by atoms with Crippen LogP contribution < -0.4 is 10.5 Å². The summed E-state index contributed by atoms with van der Waals surface area (Å²) in [5, 5.41) is 14.3. The summed E-state index contributed by atoms with van der Waals surface area (Å²) in [6.45, 7) is 6.26. The molecular weight excluding hydrogens is 254 g/mol. The van der Waals surface area contributed by atoms with Crippen LogP contribution in [-0.2, 0) is 12.5 Å². The second-order valence-electron chi connectivity index (χ2n) is 5.89. The minimum absolute atomic E-state index is 0.0878. The summed E-state index contributed by atoms with van der Waals surface area (Å²) in [5.41, 5.74) is 8.46. The van der Waals surface area contributed by atoms with Gasteiger partial charge >= 0.3 is 0 Å². The average Bonchev–Trinajstić information content (AvgIpc) is 2.68.